The molecule has 0 radical (unpaired) electrons. The first-order valence-corrected chi connectivity index (χ1v) is 10.2. The van der Waals surface area contributed by atoms with E-state index in [1.165, 1.54) is 0 Å². The van der Waals surface area contributed by atoms with Crippen molar-refractivity contribution in [1.82, 2.24) is 15.0 Å². The standard InChI is InChI=1S/C20H22N4O2S/c25-15-4-6-16(7-5-15)27-12-19-23-18-10-13(3-8-17(18)20(26)24-19)22-14-2-1-9-21-11-14/h1-3,8-11,15-16,22,25H,4-7,12H2,(H,23,24,26). The summed E-state index contributed by atoms with van der Waals surface area (Å²) in [6.07, 6.45) is 7.09. The fourth-order valence-corrected chi connectivity index (χ4v) is 4.48. The van der Waals surface area contributed by atoms with E-state index >= 15 is 0 Å². The minimum Gasteiger partial charge on any atom is -0.393 e. The summed E-state index contributed by atoms with van der Waals surface area (Å²) in [6.45, 7) is 0. The highest BCUT2D eigenvalue weighted by Crippen LogP contribution is 2.30. The summed E-state index contributed by atoms with van der Waals surface area (Å²) in [5.74, 6) is 1.37. The van der Waals surface area contributed by atoms with Gasteiger partial charge in [-0.1, -0.05) is 0 Å². The number of nitrogens with one attached hydrogen (secondary N) is 2. The number of hydrogen-bond donors (Lipinski definition) is 3. The van der Waals surface area contributed by atoms with E-state index in [2.05, 4.69) is 20.3 Å². The summed E-state index contributed by atoms with van der Waals surface area (Å²) in [5, 5.41) is 14.0. The first-order valence-electron chi connectivity index (χ1n) is 9.17. The Morgan fingerprint density at radius 1 is 1.19 bits per heavy atom. The molecule has 1 aromatic carbocycles. The van der Waals surface area contributed by atoms with Crippen LogP contribution in [-0.4, -0.2) is 31.4 Å². The molecule has 0 amide bonds. The van der Waals surface area contributed by atoms with Crippen molar-refractivity contribution in [3.8, 4) is 0 Å². The Kier molecular flexibility index (Phi) is 5.40. The number of aromatic nitrogens is 3. The van der Waals surface area contributed by atoms with E-state index in [1.54, 1.807) is 18.5 Å². The van der Waals surface area contributed by atoms with Crippen LogP contribution in [0, 0.1) is 0 Å². The van der Waals surface area contributed by atoms with Crippen LogP contribution in [-0.2, 0) is 5.75 Å². The quantitative estimate of drug-likeness (QED) is 0.625. The van der Waals surface area contributed by atoms with Crippen molar-refractivity contribution in [3.63, 3.8) is 0 Å². The molecular weight excluding hydrogens is 360 g/mol. The lowest BCUT2D eigenvalue weighted by molar-refractivity contribution is 0.132. The Bertz CT molecular complexity index is 969. The predicted molar refractivity (Wildman–Crippen MR) is 109 cm³/mol. The molecule has 0 spiro atoms. The summed E-state index contributed by atoms with van der Waals surface area (Å²) < 4.78 is 0. The maximum Gasteiger partial charge on any atom is 0.258 e. The van der Waals surface area contributed by atoms with E-state index in [1.807, 2.05) is 36.0 Å². The second kappa shape index (κ2) is 8.10. The fourth-order valence-electron chi connectivity index (χ4n) is 3.35. The molecule has 0 saturated heterocycles. The van der Waals surface area contributed by atoms with Crippen molar-refractivity contribution in [2.24, 2.45) is 0 Å². The van der Waals surface area contributed by atoms with Gasteiger partial charge < -0.3 is 15.4 Å². The number of rotatable bonds is 5. The monoisotopic (exact) mass is 382 g/mol. The van der Waals surface area contributed by atoms with Crippen molar-refractivity contribution in [2.75, 3.05) is 5.32 Å². The zero-order chi connectivity index (χ0) is 18.6. The first-order chi connectivity index (χ1) is 13.2. The Hall–Kier alpha value is -2.38. The maximum atomic E-state index is 12.4. The fraction of sp³-hybridized carbons (Fsp3) is 0.350. The summed E-state index contributed by atoms with van der Waals surface area (Å²) in [5.41, 5.74) is 2.33. The van der Waals surface area contributed by atoms with Gasteiger partial charge >= 0.3 is 0 Å². The van der Waals surface area contributed by atoms with Crippen molar-refractivity contribution in [2.45, 2.75) is 42.8 Å². The number of hydrogen-bond acceptors (Lipinski definition) is 6. The highest BCUT2D eigenvalue weighted by atomic mass is 32.2. The third kappa shape index (κ3) is 4.48. The number of aliphatic hydroxyl groups excluding tert-OH is 1. The molecule has 140 valence electrons. The van der Waals surface area contributed by atoms with Crippen molar-refractivity contribution in [1.29, 1.82) is 0 Å². The molecule has 1 aliphatic rings. The molecule has 6 nitrogen and oxygen atoms in total. The predicted octanol–water partition coefficient (Wildman–Crippen LogP) is 3.60. The first kappa shape index (κ1) is 18.0. The largest absolute Gasteiger partial charge is 0.393 e. The highest BCUT2D eigenvalue weighted by molar-refractivity contribution is 7.99. The molecular formula is C20H22N4O2S. The second-order valence-corrected chi connectivity index (χ2v) is 8.14. The van der Waals surface area contributed by atoms with Gasteiger partial charge in [-0.15, -0.1) is 0 Å². The topological polar surface area (TPSA) is 90.9 Å². The number of fused-ring (bicyclic) bond motifs is 1. The van der Waals surface area contributed by atoms with Crippen molar-refractivity contribution in [3.05, 3.63) is 58.9 Å². The molecule has 0 atom stereocenters. The smallest absolute Gasteiger partial charge is 0.258 e. The zero-order valence-corrected chi connectivity index (χ0v) is 15.7. The number of H-pyrrole nitrogens is 1. The van der Waals surface area contributed by atoms with Crippen LogP contribution in [0.2, 0.25) is 0 Å². The van der Waals surface area contributed by atoms with Gasteiger partial charge in [-0.2, -0.15) is 11.8 Å². The molecule has 3 aromatic rings. The molecule has 7 heteroatoms. The van der Waals surface area contributed by atoms with Gasteiger partial charge in [0.05, 0.1) is 34.6 Å². The summed E-state index contributed by atoms with van der Waals surface area (Å²) >= 11 is 1.81. The van der Waals surface area contributed by atoms with E-state index in [0.29, 0.717) is 27.7 Å². The van der Waals surface area contributed by atoms with Gasteiger partial charge in [0.2, 0.25) is 0 Å². The number of anilines is 2. The SMILES string of the molecule is O=c1[nH]c(CSC2CCC(O)CC2)nc2cc(Nc3cccnc3)ccc12. The Balaban J connectivity index is 1.51. The molecule has 27 heavy (non-hydrogen) atoms. The normalized spacial score (nSPS) is 19.9. The van der Waals surface area contributed by atoms with E-state index in [4.69, 9.17) is 0 Å². The molecule has 0 aliphatic heterocycles. The minimum atomic E-state index is -0.147. The Morgan fingerprint density at radius 3 is 2.81 bits per heavy atom. The molecule has 3 N–H and O–H groups in total. The molecule has 1 fully saturated rings. The summed E-state index contributed by atoms with van der Waals surface area (Å²) in [4.78, 5) is 24.0. The third-order valence-electron chi connectivity index (χ3n) is 4.81. The van der Waals surface area contributed by atoms with Gasteiger partial charge in [-0.05, 0) is 56.0 Å². The number of pyridine rings is 1. The Morgan fingerprint density at radius 2 is 2.04 bits per heavy atom. The maximum absolute atomic E-state index is 12.4. The van der Waals surface area contributed by atoms with E-state index in [0.717, 1.165) is 37.1 Å². The lowest BCUT2D eigenvalue weighted by atomic mass is 9.97. The number of benzene rings is 1. The molecule has 0 unspecified atom stereocenters. The van der Waals surface area contributed by atoms with Crippen LogP contribution in [0.5, 0.6) is 0 Å². The van der Waals surface area contributed by atoms with Crippen LogP contribution in [0.4, 0.5) is 11.4 Å². The summed E-state index contributed by atoms with van der Waals surface area (Å²) in [6, 6.07) is 9.35. The minimum absolute atomic E-state index is 0.109. The number of aliphatic hydroxyl groups is 1. The number of thioether (sulfide) groups is 1. The number of nitrogens with zero attached hydrogens (tertiary/aromatic N) is 2. The Labute approximate surface area is 161 Å². The molecule has 2 heterocycles. The van der Waals surface area contributed by atoms with Gasteiger partial charge in [-0.25, -0.2) is 4.98 Å². The average Bonchev–Trinajstić information content (AvgIpc) is 2.68. The van der Waals surface area contributed by atoms with Crippen LogP contribution in [0.25, 0.3) is 10.9 Å². The number of aromatic amines is 1. The van der Waals surface area contributed by atoms with Gasteiger partial charge in [0.25, 0.3) is 5.56 Å². The lowest BCUT2D eigenvalue weighted by Crippen LogP contribution is -2.20. The molecule has 1 aliphatic carbocycles. The van der Waals surface area contributed by atoms with Crippen LogP contribution < -0.4 is 10.9 Å². The van der Waals surface area contributed by atoms with E-state index < -0.39 is 0 Å². The second-order valence-electron chi connectivity index (χ2n) is 6.85. The van der Waals surface area contributed by atoms with Crippen molar-refractivity contribution >= 4 is 34.0 Å². The van der Waals surface area contributed by atoms with Crippen LogP contribution in [0.15, 0.2) is 47.5 Å². The van der Waals surface area contributed by atoms with Crippen molar-refractivity contribution < 1.29 is 5.11 Å². The molecule has 0 bridgehead atoms. The third-order valence-corrected chi connectivity index (χ3v) is 6.19. The van der Waals surface area contributed by atoms with Gasteiger partial charge in [0.15, 0.2) is 0 Å². The lowest BCUT2D eigenvalue weighted by Gasteiger charge is -2.24. The van der Waals surface area contributed by atoms with Gasteiger partial charge in [0, 0.05) is 17.1 Å². The van der Waals surface area contributed by atoms with Crippen LogP contribution in [0.3, 0.4) is 0 Å². The van der Waals surface area contributed by atoms with Gasteiger partial charge in [0.1, 0.15) is 5.82 Å². The molecule has 1 saturated carbocycles. The van der Waals surface area contributed by atoms with E-state index in [-0.39, 0.29) is 11.7 Å². The average molecular weight is 382 g/mol. The van der Waals surface area contributed by atoms with Gasteiger partial charge in [-0.3, -0.25) is 9.78 Å². The molecule has 2 aromatic heterocycles. The molecule has 4 rings (SSSR count). The van der Waals surface area contributed by atoms with Crippen LogP contribution in [0.1, 0.15) is 31.5 Å². The van der Waals surface area contributed by atoms with E-state index in [9.17, 15) is 9.90 Å². The highest BCUT2D eigenvalue weighted by Gasteiger charge is 2.20. The van der Waals surface area contributed by atoms with Crippen LogP contribution >= 0.6 is 11.8 Å². The zero-order valence-electron chi connectivity index (χ0n) is 14.9. The summed E-state index contributed by atoms with van der Waals surface area (Å²) in [7, 11) is 0.